The van der Waals surface area contributed by atoms with Crippen LogP contribution in [0.1, 0.15) is 19.4 Å². The summed E-state index contributed by atoms with van der Waals surface area (Å²) in [5, 5.41) is 11.1. The van der Waals surface area contributed by atoms with Gasteiger partial charge in [-0.1, -0.05) is 30.3 Å². The third-order valence-corrected chi connectivity index (χ3v) is 5.90. The maximum absolute atomic E-state index is 12.3. The van der Waals surface area contributed by atoms with Crippen LogP contribution in [0.5, 0.6) is 0 Å². The number of rotatable bonds is 3. The SMILES string of the molecule is C[CH2][Bi+][CH2]C.[O-]C(c1ccccc1)(C(F)(F)F)C(F)(F)F. The first-order chi connectivity index (χ1) is 9.52. The summed E-state index contributed by atoms with van der Waals surface area (Å²) >= 11 is 0.145. The minimum Gasteiger partial charge on any atom is -0.833 e. The molecule has 0 spiro atoms. The van der Waals surface area contributed by atoms with Crippen molar-refractivity contribution < 1.29 is 31.4 Å². The Kier molecular flexibility index (Phi) is 8.18. The van der Waals surface area contributed by atoms with Crippen LogP contribution in [0.25, 0.3) is 0 Å². The molecule has 0 amide bonds. The molecule has 0 saturated carbocycles. The van der Waals surface area contributed by atoms with Crippen molar-refractivity contribution >= 4 is 23.2 Å². The largest absolute Gasteiger partial charge is 0.833 e. The van der Waals surface area contributed by atoms with E-state index in [1.54, 1.807) is 0 Å². The van der Waals surface area contributed by atoms with E-state index in [-0.39, 0.29) is 23.2 Å². The summed E-state index contributed by atoms with van der Waals surface area (Å²) in [5.41, 5.74) is -6.45. The molecule has 0 unspecified atom stereocenters. The van der Waals surface area contributed by atoms with Gasteiger partial charge in [0.1, 0.15) is 5.60 Å². The zero-order chi connectivity index (χ0) is 16.7. The van der Waals surface area contributed by atoms with Crippen molar-refractivity contribution in [2.45, 2.75) is 40.1 Å². The molecule has 2 radical (unpaired) electrons. The van der Waals surface area contributed by atoms with Crippen LogP contribution in [0.2, 0.25) is 8.26 Å². The van der Waals surface area contributed by atoms with E-state index in [1.807, 2.05) is 0 Å². The molecule has 0 aliphatic rings. The smallest absolute Gasteiger partial charge is 0.392 e. The maximum atomic E-state index is 12.3. The monoisotopic (exact) mass is 510 g/mol. The van der Waals surface area contributed by atoms with Crippen molar-refractivity contribution in [3.8, 4) is 0 Å². The van der Waals surface area contributed by atoms with Crippen LogP contribution < -0.4 is 5.11 Å². The van der Waals surface area contributed by atoms with Crippen LogP contribution in [0, 0.1) is 0 Å². The van der Waals surface area contributed by atoms with Gasteiger partial charge in [0, 0.05) is 0 Å². The predicted molar refractivity (Wildman–Crippen MR) is 66.9 cm³/mol. The molecular formula is C13H15BiF6O. The fourth-order valence-corrected chi connectivity index (χ4v) is 3.12. The minimum absolute atomic E-state index is 0.145. The van der Waals surface area contributed by atoms with Gasteiger partial charge < -0.3 is 5.11 Å². The van der Waals surface area contributed by atoms with Gasteiger partial charge in [-0.3, -0.25) is 0 Å². The van der Waals surface area contributed by atoms with Gasteiger partial charge >= 0.3 is 57.7 Å². The summed E-state index contributed by atoms with van der Waals surface area (Å²) in [6.07, 6.45) is -11.9. The molecule has 0 aliphatic carbocycles. The Hall–Kier alpha value is -0.357. The van der Waals surface area contributed by atoms with Crippen molar-refractivity contribution in [1.82, 2.24) is 0 Å². The fourth-order valence-electron chi connectivity index (χ4n) is 1.38. The van der Waals surface area contributed by atoms with E-state index in [4.69, 9.17) is 0 Å². The van der Waals surface area contributed by atoms with Gasteiger partial charge in [0.05, 0.1) is 0 Å². The van der Waals surface area contributed by atoms with Crippen molar-refractivity contribution in [3.63, 3.8) is 0 Å². The van der Waals surface area contributed by atoms with E-state index >= 15 is 0 Å². The molecule has 21 heavy (non-hydrogen) atoms. The summed E-state index contributed by atoms with van der Waals surface area (Å²) in [4.78, 5) is 0. The van der Waals surface area contributed by atoms with E-state index in [0.717, 1.165) is 12.1 Å². The van der Waals surface area contributed by atoms with E-state index < -0.39 is 23.5 Å². The molecule has 1 aromatic rings. The van der Waals surface area contributed by atoms with Gasteiger partial charge in [-0.05, 0) is 5.56 Å². The van der Waals surface area contributed by atoms with E-state index in [0.29, 0.717) is 12.1 Å². The maximum Gasteiger partial charge on any atom is 0.392 e. The van der Waals surface area contributed by atoms with Crippen LogP contribution >= 0.6 is 0 Å². The molecule has 0 fully saturated rings. The van der Waals surface area contributed by atoms with Gasteiger partial charge in [0.15, 0.2) is 0 Å². The summed E-state index contributed by atoms with van der Waals surface area (Å²) in [6, 6.07) is 4.12. The molecule has 0 saturated heterocycles. The molecule has 1 rings (SSSR count). The Labute approximate surface area is 130 Å². The normalized spacial score (nSPS) is 12.6. The van der Waals surface area contributed by atoms with E-state index in [9.17, 15) is 31.4 Å². The molecule has 1 nitrogen and oxygen atoms in total. The van der Waals surface area contributed by atoms with Gasteiger partial charge in [0.25, 0.3) is 0 Å². The molecular weight excluding hydrogens is 495 g/mol. The number of benzene rings is 1. The van der Waals surface area contributed by atoms with Gasteiger partial charge in [0.2, 0.25) is 0 Å². The third kappa shape index (κ3) is 5.40. The molecule has 0 atom stereocenters. The minimum atomic E-state index is -5.94. The Morgan fingerprint density at radius 2 is 1.24 bits per heavy atom. The van der Waals surface area contributed by atoms with Gasteiger partial charge in [-0.15, -0.1) is 0 Å². The van der Waals surface area contributed by atoms with E-state index in [1.165, 1.54) is 14.3 Å². The standard InChI is InChI=1S/C9H5F6O.2C2H5.Bi/c10-8(11,12)7(16,9(13,14)15)6-4-2-1-3-5-6;2*1-2;/h1-5H;2*1H2,2H3;/q-1;;;+1. The van der Waals surface area contributed by atoms with Crippen molar-refractivity contribution in [2.75, 3.05) is 0 Å². The molecule has 0 bridgehead atoms. The Morgan fingerprint density at radius 1 is 0.857 bits per heavy atom. The zero-order valence-electron chi connectivity index (χ0n) is 11.4. The Bertz CT molecular complexity index is 385. The third-order valence-electron chi connectivity index (χ3n) is 2.43. The van der Waals surface area contributed by atoms with Crippen molar-refractivity contribution in [1.29, 1.82) is 0 Å². The van der Waals surface area contributed by atoms with Crippen LogP contribution in [0.15, 0.2) is 30.3 Å². The summed E-state index contributed by atoms with van der Waals surface area (Å²) in [5.74, 6) is 0. The zero-order valence-corrected chi connectivity index (χ0v) is 14.9. The first-order valence-electron chi connectivity index (χ1n) is 6.05. The molecule has 0 aliphatic heterocycles. The second-order valence-corrected chi connectivity index (χ2v) is 10.6. The first kappa shape index (κ1) is 20.6. The molecule has 1 aromatic carbocycles. The molecule has 120 valence electrons. The number of halogens is 6. The average molecular weight is 510 g/mol. The van der Waals surface area contributed by atoms with Crippen LogP contribution in [-0.4, -0.2) is 35.6 Å². The second kappa shape index (κ2) is 8.32. The van der Waals surface area contributed by atoms with Crippen molar-refractivity contribution in [3.05, 3.63) is 35.9 Å². The summed E-state index contributed by atoms with van der Waals surface area (Å²) in [6.45, 7) is 4.58. The second-order valence-electron chi connectivity index (χ2n) is 3.90. The number of hydrogen-bond donors (Lipinski definition) is 0. The predicted octanol–water partition coefficient (Wildman–Crippen LogP) is 3.93. The molecule has 8 heteroatoms. The van der Waals surface area contributed by atoms with Gasteiger partial charge in [-0.2, -0.15) is 26.3 Å². The average Bonchev–Trinajstić information content (AvgIpc) is 2.38. The fraction of sp³-hybridized carbons (Fsp3) is 0.538. The van der Waals surface area contributed by atoms with Crippen molar-refractivity contribution in [2.24, 2.45) is 0 Å². The van der Waals surface area contributed by atoms with E-state index in [2.05, 4.69) is 13.8 Å². The molecule has 0 aromatic heterocycles. The quantitative estimate of drug-likeness (QED) is 0.447. The molecule has 0 heterocycles. The summed E-state index contributed by atoms with van der Waals surface area (Å²) in [7, 11) is 0. The number of hydrogen-bond acceptors (Lipinski definition) is 1. The summed E-state index contributed by atoms with van der Waals surface area (Å²) < 4.78 is 76.6. The molecule has 0 N–H and O–H groups in total. The number of alkyl halides is 6. The Morgan fingerprint density at radius 3 is 1.48 bits per heavy atom. The topological polar surface area (TPSA) is 23.1 Å². The van der Waals surface area contributed by atoms with Crippen LogP contribution in [0.3, 0.4) is 0 Å². The first-order valence-corrected chi connectivity index (χ1v) is 11.0. The van der Waals surface area contributed by atoms with Crippen LogP contribution in [-0.2, 0) is 5.60 Å². The van der Waals surface area contributed by atoms with Crippen LogP contribution in [0.4, 0.5) is 26.3 Å². The Balaban J connectivity index is 0.000000690. The van der Waals surface area contributed by atoms with Gasteiger partial charge in [-0.25, -0.2) is 0 Å².